The molecule has 11 heteroatoms. The van der Waals surface area contributed by atoms with Gasteiger partial charge in [0.05, 0.1) is 0 Å². The van der Waals surface area contributed by atoms with E-state index in [-0.39, 0.29) is 45.2 Å². The van der Waals surface area contributed by atoms with E-state index in [9.17, 15) is 20.0 Å². The van der Waals surface area contributed by atoms with Gasteiger partial charge in [-0.2, -0.15) is 10.1 Å². The van der Waals surface area contributed by atoms with E-state index in [2.05, 4.69) is 0 Å². The van der Waals surface area contributed by atoms with Crippen molar-refractivity contribution in [1.82, 2.24) is 10.1 Å². The summed E-state index contributed by atoms with van der Waals surface area (Å²) in [6, 6.07) is 0. The van der Waals surface area contributed by atoms with E-state index in [0.717, 1.165) is 0 Å². The van der Waals surface area contributed by atoms with Gasteiger partial charge in [-0.1, -0.05) is 0 Å². The molecule has 6 N–H and O–H groups in total. The summed E-state index contributed by atoms with van der Waals surface area (Å²) in [4.78, 5) is 22.1. The summed E-state index contributed by atoms with van der Waals surface area (Å²) >= 11 is 0. The van der Waals surface area contributed by atoms with Crippen LogP contribution in [0.2, 0.25) is 0 Å². The Balaban J connectivity index is 0.000000562. The molecular weight excluding hydrogens is 458 g/mol. The van der Waals surface area contributed by atoms with Crippen molar-refractivity contribution in [3.63, 3.8) is 0 Å². The maximum atomic E-state index is 11.1. The van der Waals surface area contributed by atoms with Crippen molar-refractivity contribution in [2.24, 2.45) is 0 Å². The van der Waals surface area contributed by atoms with Crippen LogP contribution in [-0.4, -0.2) is 75.9 Å². The van der Waals surface area contributed by atoms with Gasteiger partial charge in [0, 0.05) is 22.2 Å². The van der Waals surface area contributed by atoms with Crippen molar-refractivity contribution in [2.75, 3.05) is 0 Å². The Kier molecular flexibility index (Phi) is 8.74. The molecule has 2 heterocycles. The molecule has 0 spiro atoms. The van der Waals surface area contributed by atoms with Crippen molar-refractivity contribution < 1.29 is 49.7 Å². The minimum absolute atomic E-state index is 0. The molecule has 176 valence electrons. The number of nitrogens with zero attached hydrogens (tertiary/aromatic N) is 2. The molecule has 0 aromatic heterocycles. The van der Waals surface area contributed by atoms with Gasteiger partial charge in [-0.05, 0) is 92.2 Å². The van der Waals surface area contributed by atoms with Crippen LogP contribution in [0, 0.1) is 0 Å². The van der Waals surface area contributed by atoms with Crippen molar-refractivity contribution in [1.29, 1.82) is 0 Å². The Labute approximate surface area is 197 Å². The third-order valence-electron chi connectivity index (χ3n) is 6.05. The molecule has 31 heavy (non-hydrogen) atoms. The molecule has 2 saturated heterocycles. The Morgan fingerprint density at radius 1 is 0.613 bits per heavy atom. The molecule has 0 amide bonds. The van der Waals surface area contributed by atoms with Crippen LogP contribution in [0.5, 0.6) is 0 Å². The van der Waals surface area contributed by atoms with Crippen molar-refractivity contribution in [2.45, 2.75) is 114 Å². The molecule has 0 radical (unpaired) electrons. The maximum Gasteiger partial charge on any atom is 2.00 e. The molecule has 0 unspecified atom stereocenters. The number of hydroxylamine groups is 4. The topological polar surface area (TPSA) is 169 Å². The first-order chi connectivity index (χ1) is 13.0. The molecule has 0 aromatic rings. The minimum atomic E-state index is -1.51. The molecular formula is C20H38N4O6Zn. The van der Waals surface area contributed by atoms with E-state index >= 15 is 0 Å². The van der Waals surface area contributed by atoms with Gasteiger partial charge in [0.1, 0.15) is 0 Å². The Morgan fingerprint density at radius 2 is 0.774 bits per heavy atom. The van der Waals surface area contributed by atoms with Gasteiger partial charge in [-0.15, -0.1) is 0 Å². The van der Waals surface area contributed by atoms with Gasteiger partial charge < -0.3 is 32.1 Å². The first kappa shape index (κ1) is 30.3. The third kappa shape index (κ3) is 6.22. The first-order valence-electron chi connectivity index (χ1n) is 9.98. The van der Waals surface area contributed by atoms with Gasteiger partial charge in [-0.3, -0.25) is 9.59 Å². The molecule has 0 aliphatic carbocycles. The number of carboxylic acids is 2. The number of carboxylic acid groups (broad SMARTS) is 2. The van der Waals surface area contributed by atoms with E-state index in [1.165, 1.54) is 10.1 Å². The second-order valence-electron chi connectivity index (χ2n) is 11.4. The SMILES string of the molecule is CC1(C)CC([NH-])(C(=O)O)CC(C)(C)N1O.CC1(C)CC([NH-])(C(=O)O)CC(C)(C)N1O.[Zn+2]. The number of hydrogen-bond donors (Lipinski definition) is 4. The minimum Gasteiger partial charge on any atom is -0.662 e. The second kappa shape index (κ2) is 8.93. The van der Waals surface area contributed by atoms with Gasteiger partial charge in [0.15, 0.2) is 0 Å². The zero-order valence-corrected chi connectivity index (χ0v) is 23.0. The van der Waals surface area contributed by atoms with Crippen molar-refractivity contribution in [3.05, 3.63) is 11.5 Å². The van der Waals surface area contributed by atoms with Crippen LogP contribution in [0.15, 0.2) is 0 Å². The molecule has 2 aliphatic rings. The number of piperidine rings is 2. The fraction of sp³-hybridized carbons (Fsp3) is 0.900. The number of carbonyl (C=O) groups is 2. The van der Waals surface area contributed by atoms with Crippen LogP contribution in [0.25, 0.3) is 11.5 Å². The van der Waals surface area contributed by atoms with Gasteiger partial charge in [0.25, 0.3) is 11.9 Å². The van der Waals surface area contributed by atoms with Gasteiger partial charge in [0.2, 0.25) is 0 Å². The number of aliphatic carboxylic acids is 2. The van der Waals surface area contributed by atoms with Crippen molar-refractivity contribution in [3.8, 4) is 0 Å². The number of hydrogen-bond acceptors (Lipinski definition) is 6. The molecule has 10 nitrogen and oxygen atoms in total. The smallest absolute Gasteiger partial charge is 0.662 e. The Bertz CT molecular complexity index is 601. The first-order valence-corrected chi connectivity index (χ1v) is 9.98. The normalized spacial score (nSPS) is 27.7. The largest absolute Gasteiger partial charge is 2.00 e. The average Bonchev–Trinajstić information content (AvgIpc) is 2.49. The van der Waals surface area contributed by atoms with Crippen LogP contribution < -0.4 is 0 Å². The van der Waals surface area contributed by atoms with E-state index in [1.807, 2.05) is 0 Å². The van der Waals surface area contributed by atoms with Crippen LogP contribution in [0.1, 0.15) is 81.1 Å². The fourth-order valence-corrected chi connectivity index (χ4v) is 5.32. The van der Waals surface area contributed by atoms with E-state index < -0.39 is 45.2 Å². The Hall–Kier alpha value is -0.677. The van der Waals surface area contributed by atoms with E-state index in [0.29, 0.717) is 0 Å². The zero-order valence-electron chi connectivity index (χ0n) is 20.0. The molecule has 2 fully saturated rings. The van der Waals surface area contributed by atoms with Crippen LogP contribution in [-0.2, 0) is 29.1 Å². The zero-order chi connectivity index (χ0) is 24.1. The van der Waals surface area contributed by atoms with Gasteiger partial charge >= 0.3 is 19.5 Å². The molecule has 0 aromatic carbocycles. The summed E-state index contributed by atoms with van der Waals surface area (Å²) < 4.78 is 0. The number of nitrogens with one attached hydrogen (secondary N) is 2. The predicted octanol–water partition coefficient (Wildman–Crippen LogP) is 3.81. The average molecular weight is 496 g/mol. The molecule has 0 bridgehead atoms. The third-order valence-corrected chi connectivity index (χ3v) is 6.05. The Morgan fingerprint density at radius 3 is 0.903 bits per heavy atom. The monoisotopic (exact) mass is 494 g/mol. The second-order valence-corrected chi connectivity index (χ2v) is 11.4. The van der Waals surface area contributed by atoms with Crippen LogP contribution in [0.4, 0.5) is 0 Å². The summed E-state index contributed by atoms with van der Waals surface area (Å²) in [7, 11) is 0. The quantitative estimate of drug-likeness (QED) is 0.419. The summed E-state index contributed by atoms with van der Waals surface area (Å²) in [5.41, 5.74) is 10.1. The molecule has 0 saturated carbocycles. The standard InChI is InChI=1S/2C10H19N2O3.Zn/c2*1-8(2)5-10(11,7(13)14)6-9(3,4)12(8)15;/h2*11,15H,5-6H2,1-4H3,(H,13,14);/q2*-1;+2. The molecule has 2 aliphatic heterocycles. The van der Waals surface area contributed by atoms with Crippen LogP contribution >= 0.6 is 0 Å². The summed E-state index contributed by atoms with van der Waals surface area (Å²) in [6.45, 7) is 14.0. The summed E-state index contributed by atoms with van der Waals surface area (Å²) in [5.74, 6) is -2.23. The van der Waals surface area contributed by atoms with Gasteiger partial charge in [-0.25, -0.2) is 0 Å². The fourth-order valence-electron chi connectivity index (χ4n) is 5.32. The van der Waals surface area contributed by atoms with E-state index in [1.54, 1.807) is 55.4 Å². The summed E-state index contributed by atoms with van der Waals surface area (Å²) in [5, 5.41) is 40.3. The number of rotatable bonds is 2. The molecule has 2 rings (SSSR count). The van der Waals surface area contributed by atoms with E-state index in [4.69, 9.17) is 21.7 Å². The van der Waals surface area contributed by atoms with Crippen LogP contribution in [0.3, 0.4) is 0 Å². The molecule has 0 atom stereocenters. The predicted molar refractivity (Wildman–Crippen MR) is 111 cm³/mol. The van der Waals surface area contributed by atoms with Crippen molar-refractivity contribution >= 4 is 11.9 Å². The maximum absolute atomic E-state index is 11.1. The summed E-state index contributed by atoms with van der Waals surface area (Å²) in [6.07, 6.45) is 0.481.